The Balaban J connectivity index is 2.22. The van der Waals surface area contributed by atoms with Crippen LogP contribution in [0, 0.1) is 0 Å². The first kappa shape index (κ1) is 14.9. The minimum absolute atomic E-state index is 0.126. The first-order chi connectivity index (χ1) is 9.49. The molecule has 0 aliphatic rings. The van der Waals surface area contributed by atoms with Crippen LogP contribution < -0.4 is 4.90 Å². The lowest BCUT2D eigenvalue weighted by Gasteiger charge is -2.13. The lowest BCUT2D eigenvalue weighted by molar-refractivity contribution is 0.0987. The molecule has 0 bridgehead atoms. The summed E-state index contributed by atoms with van der Waals surface area (Å²) in [7, 11) is 3.90. The van der Waals surface area contributed by atoms with Crippen molar-refractivity contribution in [1.82, 2.24) is 0 Å². The number of anilines is 1. The predicted molar refractivity (Wildman–Crippen MR) is 85.1 cm³/mol. The quantitative estimate of drug-likeness (QED) is 0.609. The molecule has 0 saturated carbocycles. The molecule has 1 atom stereocenters. The van der Waals surface area contributed by atoms with Crippen molar-refractivity contribution in [2.75, 3.05) is 19.0 Å². The van der Waals surface area contributed by atoms with Crippen LogP contribution in [0.5, 0.6) is 0 Å². The third-order valence-electron chi connectivity index (χ3n) is 3.04. The number of ketones is 1. The second-order valence-corrected chi connectivity index (χ2v) is 5.60. The van der Waals surface area contributed by atoms with Gasteiger partial charge in [-0.25, -0.2) is 0 Å². The zero-order valence-electron chi connectivity index (χ0n) is 11.3. The Morgan fingerprint density at radius 1 is 1.10 bits per heavy atom. The van der Waals surface area contributed by atoms with E-state index in [4.69, 9.17) is 23.2 Å². The molecule has 0 N–H and O–H groups in total. The molecule has 104 valence electrons. The van der Waals surface area contributed by atoms with Crippen molar-refractivity contribution in [1.29, 1.82) is 0 Å². The number of rotatable bonds is 4. The molecule has 0 spiro atoms. The van der Waals surface area contributed by atoms with Gasteiger partial charge in [-0.1, -0.05) is 23.7 Å². The van der Waals surface area contributed by atoms with E-state index in [-0.39, 0.29) is 5.78 Å². The molecular weight excluding hydrogens is 293 g/mol. The molecule has 0 aromatic heterocycles. The molecule has 0 heterocycles. The van der Waals surface area contributed by atoms with E-state index < -0.39 is 5.38 Å². The summed E-state index contributed by atoms with van der Waals surface area (Å²) in [6.07, 6.45) is 0. The first-order valence-electron chi connectivity index (χ1n) is 6.20. The summed E-state index contributed by atoms with van der Waals surface area (Å²) in [5, 5.41) is -0.150. The van der Waals surface area contributed by atoms with E-state index in [1.54, 1.807) is 36.4 Å². The summed E-state index contributed by atoms with van der Waals surface area (Å²) in [4.78, 5) is 14.3. The highest BCUT2D eigenvalue weighted by Crippen LogP contribution is 2.27. The average molecular weight is 308 g/mol. The van der Waals surface area contributed by atoms with E-state index in [1.165, 1.54) is 0 Å². The molecule has 0 fully saturated rings. The van der Waals surface area contributed by atoms with Gasteiger partial charge in [0.15, 0.2) is 5.78 Å². The number of carbonyl (C=O) groups excluding carboxylic acids is 1. The highest BCUT2D eigenvalue weighted by molar-refractivity contribution is 6.34. The van der Waals surface area contributed by atoms with Crippen molar-refractivity contribution in [2.24, 2.45) is 0 Å². The zero-order chi connectivity index (χ0) is 14.7. The SMILES string of the molecule is CN(C)c1ccc(C(=O)C(Cl)c2cccc(Cl)c2)cc1. The summed E-state index contributed by atoms with van der Waals surface area (Å²) in [5.41, 5.74) is 2.34. The van der Waals surface area contributed by atoms with Gasteiger partial charge < -0.3 is 4.90 Å². The van der Waals surface area contributed by atoms with Gasteiger partial charge in [0, 0.05) is 30.4 Å². The zero-order valence-corrected chi connectivity index (χ0v) is 12.8. The number of alkyl halides is 1. The number of benzene rings is 2. The highest BCUT2D eigenvalue weighted by atomic mass is 35.5. The van der Waals surface area contributed by atoms with Crippen LogP contribution in [0.3, 0.4) is 0 Å². The molecule has 0 aliphatic heterocycles. The van der Waals surface area contributed by atoms with Crippen LogP contribution in [0.2, 0.25) is 5.02 Å². The Hall–Kier alpha value is -1.51. The number of hydrogen-bond donors (Lipinski definition) is 0. The summed E-state index contributed by atoms with van der Waals surface area (Å²) in [6.45, 7) is 0. The van der Waals surface area contributed by atoms with Crippen LogP contribution in [0.25, 0.3) is 0 Å². The monoisotopic (exact) mass is 307 g/mol. The van der Waals surface area contributed by atoms with Gasteiger partial charge in [0.1, 0.15) is 5.38 Å². The number of nitrogens with zero attached hydrogens (tertiary/aromatic N) is 1. The molecule has 0 aliphatic carbocycles. The maximum Gasteiger partial charge on any atom is 0.185 e. The largest absolute Gasteiger partial charge is 0.378 e. The molecule has 2 aromatic carbocycles. The van der Waals surface area contributed by atoms with Crippen molar-refractivity contribution < 1.29 is 4.79 Å². The highest BCUT2D eigenvalue weighted by Gasteiger charge is 2.19. The van der Waals surface area contributed by atoms with Gasteiger partial charge in [0.25, 0.3) is 0 Å². The second-order valence-electron chi connectivity index (χ2n) is 4.72. The number of Topliss-reactive ketones (excluding diaryl/α,β-unsaturated/α-hetero) is 1. The Morgan fingerprint density at radius 3 is 2.30 bits per heavy atom. The molecule has 2 nitrogen and oxygen atoms in total. The Kier molecular flexibility index (Phi) is 4.69. The van der Waals surface area contributed by atoms with Crippen LogP contribution in [0.4, 0.5) is 5.69 Å². The first-order valence-corrected chi connectivity index (χ1v) is 7.01. The van der Waals surface area contributed by atoms with E-state index in [0.29, 0.717) is 16.1 Å². The summed E-state index contributed by atoms with van der Waals surface area (Å²) in [6, 6.07) is 14.4. The smallest absolute Gasteiger partial charge is 0.185 e. The van der Waals surface area contributed by atoms with Crippen LogP contribution in [0.1, 0.15) is 21.3 Å². The molecule has 0 saturated heterocycles. The van der Waals surface area contributed by atoms with Crippen molar-refractivity contribution in [3.63, 3.8) is 0 Å². The minimum Gasteiger partial charge on any atom is -0.378 e. The Bertz CT molecular complexity index is 608. The fraction of sp³-hybridized carbons (Fsp3) is 0.188. The fourth-order valence-electron chi connectivity index (χ4n) is 1.89. The van der Waals surface area contributed by atoms with E-state index in [2.05, 4.69) is 0 Å². The maximum atomic E-state index is 12.3. The van der Waals surface area contributed by atoms with Crippen LogP contribution in [-0.4, -0.2) is 19.9 Å². The lowest BCUT2D eigenvalue weighted by Crippen LogP contribution is -2.10. The maximum absolute atomic E-state index is 12.3. The molecule has 20 heavy (non-hydrogen) atoms. The van der Waals surface area contributed by atoms with Crippen molar-refractivity contribution >= 4 is 34.7 Å². The predicted octanol–water partition coefficient (Wildman–Crippen LogP) is 4.57. The van der Waals surface area contributed by atoms with Crippen molar-refractivity contribution in [3.8, 4) is 0 Å². The standard InChI is InChI=1S/C16H15Cl2NO/c1-19(2)14-8-6-11(7-9-14)16(20)15(18)12-4-3-5-13(17)10-12/h3-10,15H,1-2H3. The normalized spacial score (nSPS) is 12.0. The molecule has 4 heteroatoms. The topological polar surface area (TPSA) is 20.3 Å². The van der Waals surface area contributed by atoms with Gasteiger partial charge in [-0.2, -0.15) is 0 Å². The Labute approximate surface area is 128 Å². The fourth-order valence-corrected chi connectivity index (χ4v) is 2.35. The van der Waals surface area contributed by atoms with Gasteiger partial charge in [0.05, 0.1) is 0 Å². The van der Waals surface area contributed by atoms with Gasteiger partial charge >= 0.3 is 0 Å². The molecule has 2 aromatic rings. The average Bonchev–Trinajstić information content (AvgIpc) is 2.46. The molecular formula is C16H15Cl2NO. The molecule has 0 radical (unpaired) electrons. The van der Waals surface area contributed by atoms with Crippen molar-refractivity contribution in [2.45, 2.75) is 5.38 Å². The minimum atomic E-state index is -0.723. The summed E-state index contributed by atoms with van der Waals surface area (Å²) >= 11 is 12.2. The summed E-state index contributed by atoms with van der Waals surface area (Å²) in [5.74, 6) is -0.126. The van der Waals surface area contributed by atoms with Gasteiger partial charge in [-0.15, -0.1) is 11.6 Å². The van der Waals surface area contributed by atoms with Gasteiger partial charge in [0.2, 0.25) is 0 Å². The van der Waals surface area contributed by atoms with Crippen molar-refractivity contribution in [3.05, 3.63) is 64.7 Å². The van der Waals surface area contributed by atoms with Gasteiger partial charge in [-0.05, 0) is 42.0 Å². The second kappa shape index (κ2) is 6.29. The van der Waals surface area contributed by atoms with Crippen LogP contribution in [-0.2, 0) is 0 Å². The number of carbonyl (C=O) groups is 1. The molecule has 2 rings (SSSR count). The van der Waals surface area contributed by atoms with E-state index in [0.717, 1.165) is 5.69 Å². The van der Waals surface area contributed by atoms with E-state index >= 15 is 0 Å². The molecule has 1 unspecified atom stereocenters. The Morgan fingerprint density at radius 2 is 1.75 bits per heavy atom. The van der Waals surface area contributed by atoms with E-state index in [1.807, 2.05) is 31.1 Å². The third-order valence-corrected chi connectivity index (χ3v) is 3.73. The molecule has 0 amide bonds. The summed E-state index contributed by atoms with van der Waals surface area (Å²) < 4.78 is 0. The van der Waals surface area contributed by atoms with E-state index in [9.17, 15) is 4.79 Å². The van der Waals surface area contributed by atoms with Crippen LogP contribution >= 0.6 is 23.2 Å². The third kappa shape index (κ3) is 3.33. The lowest BCUT2D eigenvalue weighted by atomic mass is 10.0. The number of hydrogen-bond acceptors (Lipinski definition) is 2. The van der Waals surface area contributed by atoms with Gasteiger partial charge in [-0.3, -0.25) is 4.79 Å². The van der Waals surface area contributed by atoms with Crippen LogP contribution in [0.15, 0.2) is 48.5 Å². The number of halogens is 2.